The van der Waals surface area contributed by atoms with Crippen LogP contribution in [0.5, 0.6) is 11.6 Å². The van der Waals surface area contributed by atoms with Gasteiger partial charge in [0.1, 0.15) is 17.6 Å². The summed E-state index contributed by atoms with van der Waals surface area (Å²) in [5.41, 5.74) is 4.38. The number of rotatable bonds is 3. The molecule has 0 aliphatic carbocycles. The van der Waals surface area contributed by atoms with E-state index in [0.29, 0.717) is 56.8 Å². The van der Waals surface area contributed by atoms with E-state index in [9.17, 15) is 4.79 Å². The Kier molecular flexibility index (Phi) is 4.69. The molecule has 0 saturated heterocycles. The summed E-state index contributed by atoms with van der Waals surface area (Å²) in [5.74, 6) is 1.16. The molecular formula is C29H21N5O3. The monoisotopic (exact) mass is 487 g/mol. The molecule has 4 aromatic heterocycles. The first-order valence-electron chi connectivity index (χ1n) is 12.1. The maximum absolute atomic E-state index is 13.5. The summed E-state index contributed by atoms with van der Waals surface area (Å²) in [6, 6.07) is 21.2. The van der Waals surface area contributed by atoms with Crippen LogP contribution in [0, 0.1) is 0 Å². The van der Waals surface area contributed by atoms with Crippen LogP contribution in [0.1, 0.15) is 47.9 Å². The van der Waals surface area contributed by atoms with E-state index in [0.717, 1.165) is 5.56 Å². The van der Waals surface area contributed by atoms with Gasteiger partial charge in [-0.25, -0.2) is 19.3 Å². The number of fused-ring (bicyclic) bond motifs is 6. The van der Waals surface area contributed by atoms with Crippen LogP contribution in [0.15, 0.2) is 88.5 Å². The van der Waals surface area contributed by atoms with Crippen molar-refractivity contribution >= 4 is 16.6 Å². The average molecular weight is 488 g/mol. The Labute approximate surface area is 211 Å². The molecule has 0 fully saturated rings. The van der Waals surface area contributed by atoms with Gasteiger partial charge in [0.25, 0.3) is 0 Å². The van der Waals surface area contributed by atoms with Crippen molar-refractivity contribution in [2.45, 2.75) is 25.7 Å². The molecule has 8 heteroatoms. The van der Waals surface area contributed by atoms with Crippen molar-refractivity contribution in [3.8, 4) is 23.1 Å². The van der Waals surface area contributed by atoms with Crippen LogP contribution >= 0.6 is 0 Å². The van der Waals surface area contributed by atoms with Crippen molar-refractivity contribution in [3.05, 3.63) is 112 Å². The van der Waals surface area contributed by atoms with Crippen molar-refractivity contribution in [3.63, 3.8) is 0 Å². The fourth-order valence-electron chi connectivity index (χ4n) is 4.94. The second kappa shape index (κ2) is 8.09. The Balaban J connectivity index is 1.53. The van der Waals surface area contributed by atoms with Crippen LogP contribution in [0.3, 0.4) is 0 Å². The van der Waals surface area contributed by atoms with Gasteiger partial charge in [-0.1, -0.05) is 56.3 Å². The van der Waals surface area contributed by atoms with Gasteiger partial charge in [-0.2, -0.15) is 0 Å². The first-order chi connectivity index (χ1) is 18.1. The molecular weight excluding hydrogens is 466 g/mol. The second-order valence-corrected chi connectivity index (χ2v) is 9.37. The highest BCUT2D eigenvalue weighted by Crippen LogP contribution is 2.48. The molecule has 1 aliphatic rings. The van der Waals surface area contributed by atoms with Crippen LogP contribution < -0.4 is 10.4 Å². The molecule has 5 heterocycles. The highest BCUT2D eigenvalue weighted by atomic mass is 16.5. The third-order valence-corrected chi connectivity index (χ3v) is 6.79. The largest absolute Gasteiger partial charge is 0.437 e. The Morgan fingerprint density at radius 3 is 2.51 bits per heavy atom. The number of hydrogen-bond acceptors (Lipinski definition) is 7. The zero-order valence-electron chi connectivity index (χ0n) is 20.1. The predicted molar refractivity (Wildman–Crippen MR) is 138 cm³/mol. The van der Waals surface area contributed by atoms with Gasteiger partial charge in [0, 0.05) is 6.20 Å². The molecule has 0 radical (unpaired) electrons. The van der Waals surface area contributed by atoms with Crippen molar-refractivity contribution in [1.82, 2.24) is 24.6 Å². The van der Waals surface area contributed by atoms with E-state index in [-0.39, 0.29) is 0 Å². The summed E-state index contributed by atoms with van der Waals surface area (Å²) >= 11 is 0. The minimum Gasteiger partial charge on any atom is -0.437 e. The lowest BCUT2D eigenvalue weighted by molar-refractivity contribution is 0.422. The van der Waals surface area contributed by atoms with Crippen LogP contribution in [-0.4, -0.2) is 24.6 Å². The molecule has 1 unspecified atom stereocenters. The average Bonchev–Trinajstić information content (AvgIpc) is 3.37. The van der Waals surface area contributed by atoms with E-state index in [4.69, 9.17) is 14.1 Å². The number of benzene rings is 2. The maximum atomic E-state index is 13.5. The minimum absolute atomic E-state index is 0.378. The molecule has 0 spiro atoms. The topological polar surface area (TPSA) is 95.4 Å². The van der Waals surface area contributed by atoms with E-state index in [1.165, 1.54) is 5.56 Å². The number of hydrogen-bond donors (Lipinski definition) is 0. The van der Waals surface area contributed by atoms with E-state index in [1.54, 1.807) is 23.1 Å². The Bertz CT molecular complexity index is 1860. The molecule has 8 nitrogen and oxygen atoms in total. The zero-order chi connectivity index (χ0) is 25.1. The van der Waals surface area contributed by atoms with Crippen LogP contribution in [0.4, 0.5) is 0 Å². The number of pyridine rings is 1. The summed E-state index contributed by atoms with van der Waals surface area (Å²) in [5, 5.41) is 5.32. The van der Waals surface area contributed by atoms with Gasteiger partial charge in [-0.15, -0.1) is 5.10 Å². The lowest BCUT2D eigenvalue weighted by Gasteiger charge is -2.27. The third kappa shape index (κ3) is 3.33. The number of para-hydroxylation sites is 1. The molecule has 2 aromatic carbocycles. The van der Waals surface area contributed by atoms with E-state index < -0.39 is 11.5 Å². The Morgan fingerprint density at radius 2 is 1.73 bits per heavy atom. The highest BCUT2D eigenvalue weighted by molar-refractivity contribution is 5.86. The first kappa shape index (κ1) is 21.4. The molecule has 6 aromatic rings. The second-order valence-electron chi connectivity index (χ2n) is 9.37. The van der Waals surface area contributed by atoms with E-state index >= 15 is 0 Å². The van der Waals surface area contributed by atoms with Gasteiger partial charge in [0.05, 0.1) is 22.4 Å². The van der Waals surface area contributed by atoms with Crippen molar-refractivity contribution in [2.75, 3.05) is 0 Å². The number of nitrogens with zero attached hydrogens (tertiary/aromatic N) is 5. The minimum atomic E-state index is -0.516. The molecule has 0 saturated carbocycles. The lowest BCUT2D eigenvalue weighted by Crippen LogP contribution is -2.22. The molecule has 37 heavy (non-hydrogen) atoms. The fourth-order valence-corrected chi connectivity index (χ4v) is 4.94. The number of ether oxygens (including phenoxy) is 1. The molecule has 1 atom stereocenters. The summed E-state index contributed by atoms with van der Waals surface area (Å²) in [6.07, 6.45) is 3.27. The Morgan fingerprint density at radius 1 is 0.919 bits per heavy atom. The van der Waals surface area contributed by atoms with Gasteiger partial charge >= 0.3 is 5.63 Å². The summed E-state index contributed by atoms with van der Waals surface area (Å²) in [7, 11) is 0. The third-order valence-electron chi connectivity index (χ3n) is 6.79. The highest BCUT2D eigenvalue weighted by Gasteiger charge is 2.37. The molecule has 180 valence electrons. The maximum Gasteiger partial charge on any atom is 0.344 e. The Hall–Kier alpha value is -4.85. The van der Waals surface area contributed by atoms with Crippen molar-refractivity contribution < 1.29 is 9.15 Å². The molecule has 7 rings (SSSR count). The standard InChI is InChI=1S/C29H21N5O3/c1-16(2)17-10-12-18(13-11-17)22-23-25(19-7-3-4-9-21(19)36-29(23)35)37-28-24(22)27-32-26(33-34(27)15-31-28)20-8-5-6-14-30-20/h3-16,22H,1-2H3. The van der Waals surface area contributed by atoms with Crippen LogP contribution in [-0.2, 0) is 0 Å². The van der Waals surface area contributed by atoms with Crippen molar-refractivity contribution in [2.24, 2.45) is 0 Å². The normalized spacial score (nSPS) is 14.5. The van der Waals surface area contributed by atoms with Crippen LogP contribution in [0.25, 0.3) is 28.1 Å². The van der Waals surface area contributed by atoms with Crippen molar-refractivity contribution in [1.29, 1.82) is 0 Å². The van der Waals surface area contributed by atoms with Gasteiger partial charge in [-0.3, -0.25) is 4.98 Å². The van der Waals surface area contributed by atoms with Crippen LogP contribution in [0.2, 0.25) is 0 Å². The quantitative estimate of drug-likeness (QED) is 0.295. The number of aromatic nitrogens is 5. The zero-order valence-corrected chi connectivity index (χ0v) is 20.1. The van der Waals surface area contributed by atoms with Gasteiger partial charge in [0.2, 0.25) is 11.7 Å². The SMILES string of the molecule is CC(C)c1ccc(C2c3c(c4ccccc4oc3=O)Oc3ncn4nc(-c5ccccn5)nc4c32)cc1. The summed E-state index contributed by atoms with van der Waals surface area (Å²) in [4.78, 5) is 27.3. The molecule has 0 amide bonds. The fraction of sp³-hybridized carbons (Fsp3) is 0.138. The predicted octanol–water partition coefficient (Wildman–Crippen LogP) is 5.70. The summed E-state index contributed by atoms with van der Waals surface area (Å²) < 4.78 is 13.7. The molecule has 0 bridgehead atoms. The van der Waals surface area contributed by atoms with E-state index in [1.807, 2.05) is 48.5 Å². The first-order valence-corrected chi connectivity index (χ1v) is 12.1. The summed E-state index contributed by atoms with van der Waals surface area (Å²) in [6.45, 7) is 4.30. The molecule has 1 aliphatic heterocycles. The van der Waals surface area contributed by atoms with E-state index in [2.05, 4.69) is 41.0 Å². The lowest BCUT2D eigenvalue weighted by atomic mass is 9.83. The molecule has 0 N–H and O–H groups in total. The smallest absolute Gasteiger partial charge is 0.344 e. The van der Waals surface area contributed by atoms with Gasteiger partial charge in [-0.05, 0) is 41.3 Å². The van der Waals surface area contributed by atoms with Gasteiger partial charge < -0.3 is 9.15 Å². The van der Waals surface area contributed by atoms with Gasteiger partial charge in [0.15, 0.2) is 11.4 Å².